The summed E-state index contributed by atoms with van der Waals surface area (Å²) in [4.78, 5) is 13.8. The molecule has 1 atom stereocenters. The fourth-order valence-corrected chi connectivity index (χ4v) is 2.36. The van der Waals surface area contributed by atoms with Gasteiger partial charge in [0.15, 0.2) is 0 Å². The number of rotatable bonds is 2. The van der Waals surface area contributed by atoms with Gasteiger partial charge in [0.05, 0.1) is 5.56 Å². The molecule has 1 fully saturated rings. The van der Waals surface area contributed by atoms with Crippen LogP contribution >= 0.6 is 12.4 Å². The van der Waals surface area contributed by atoms with E-state index in [-0.39, 0.29) is 29.9 Å². The molecule has 1 aromatic rings. The molecule has 7 heteroatoms. The molecule has 0 spiro atoms. The zero-order chi connectivity index (χ0) is 14.8. The maximum Gasteiger partial charge on any atom is 0.416 e. The summed E-state index contributed by atoms with van der Waals surface area (Å²) in [5.74, 6) is -0.371. The number of carbonyl (C=O) groups excluding carboxylic acids is 1. The van der Waals surface area contributed by atoms with Crippen LogP contribution in [0.4, 0.5) is 13.2 Å². The first kappa shape index (κ1) is 17.8. The van der Waals surface area contributed by atoms with Gasteiger partial charge < -0.3 is 10.2 Å². The van der Waals surface area contributed by atoms with E-state index in [1.54, 1.807) is 7.05 Å². The first-order valence-corrected chi connectivity index (χ1v) is 6.55. The number of likely N-dealkylation sites (N-methyl/N-ethyl adjacent to an activating group) is 1. The van der Waals surface area contributed by atoms with E-state index in [1.807, 2.05) is 0 Å². The van der Waals surface area contributed by atoms with Gasteiger partial charge in [0.1, 0.15) is 0 Å². The number of piperidine rings is 1. The Morgan fingerprint density at radius 1 is 1.38 bits per heavy atom. The minimum absolute atomic E-state index is 0. The maximum absolute atomic E-state index is 12.7. The van der Waals surface area contributed by atoms with Gasteiger partial charge in [0.2, 0.25) is 0 Å². The number of hydrogen-bond acceptors (Lipinski definition) is 2. The SMILES string of the molecule is CN(C(=O)c1cccc(C(F)(F)F)c1)[C@@H]1CCCNC1.Cl. The van der Waals surface area contributed by atoms with E-state index in [1.165, 1.54) is 17.0 Å². The van der Waals surface area contributed by atoms with Crippen molar-refractivity contribution >= 4 is 18.3 Å². The van der Waals surface area contributed by atoms with Gasteiger partial charge in [-0.1, -0.05) is 6.07 Å². The molecular formula is C14H18ClF3N2O. The van der Waals surface area contributed by atoms with Crippen molar-refractivity contribution in [2.75, 3.05) is 20.1 Å². The Morgan fingerprint density at radius 3 is 2.67 bits per heavy atom. The number of benzene rings is 1. The lowest BCUT2D eigenvalue weighted by atomic mass is 10.0. The van der Waals surface area contributed by atoms with Crippen LogP contribution in [0.25, 0.3) is 0 Å². The van der Waals surface area contributed by atoms with Gasteiger partial charge in [0, 0.05) is 25.2 Å². The molecule has 0 saturated carbocycles. The summed E-state index contributed by atoms with van der Waals surface area (Å²) >= 11 is 0. The van der Waals surface area contributed by atoms with E-state index < -0.39 is 11.7 Å². The largest absolute Gasteiger partial charge is 0.416 e. The lowest BCUT2D eigenvalue weighted by molar-refractivity contribution is -0.137. The summed E-state index contributed by atoms with van der Waals surface area (Å²) in [6, 6.07) is 4.60. The van der Waals surface area contributed by atoms with Gasteiger partial charge in [-0.05, 0) is 37.6 Å². The van der Waals surface area contributed by atoms with E-state index in [0.717, 1.165) is 31.5 Å². The first-order chi connectivity index (χ1) is 9.39. The third-order valence-electron chi connectivity index (χ3n) is 3.58. The Hall–Kier alpha value is -1.27. The van der Waals surface area contributed by atoms with Crippen LogP contribution in [0.1, 0.15) is 28.8 Å². The van der Waals surface area contributed by atoms with E-state index in [2.05, 4.69) is 5.32 Å². The van der Waals surface area contributed by atoms with E-state index in [0.29, 0.717) is 6.54 Å². The smallest absolute Gasteiger partial charge is 0.337 e. The Bertz CT molecular complexity index is 487. The second-order valence-electron chi connectivity index (χ2n) is 4.99. The average molecular weight is 323 g/mol. The van der Waals surface area contributed by atoms with Crippen molar-refractivity contribution in [3.05, 3.63) is 35.4 Å². The van der Waals surface area contributed by atoms with E-state index in [4.69, 9.17) is 0 Å². The predicted molar refractivity (Wildman–Crippen MR) is 76.7 cm³/mol. The van der Waals surface area contributed by atoms with Crippen LogP contribution < -0.4 is 5.32 Å². The summed E-state index contributed by atoms with van der Waals surface area (Å²) in [6.45, 7) is 1.60. The van der Waals surface area contributed by atoms with Gasteiger partial charge in [-0.3, -0.25) is 4.79 Å². The molecule has 1 saturated heterocycles. The van der Waals surface area contributed by atoms with Crippen molar-refractivity contribution in [2.24, 2.45) is 0 Å². The second kappa shape index (κ2) is 7.13. The highest BCUT2D eigenvalue weighted by Crippen LogP contribution is 2.29. The Kier molecular flexibility index (Phi) is 6.04. The Labute approximate surface area is 127 Å². The van der Waals surface area contributed by atoms with E-state index >= 15 is 0 Å². The standard InChI is InChI=1S/C14H17F3N2O.ClH/c1-19(12-6-3-7-18-9-12)13(20)10-4-2-5-11(8-10)14(15,16)17;/h2,4-5,8,12,18H,3,6-7,9H2,1H3;1H/t12-;/m1./s1. The van der Waals surface area contributed by atoms with Crippen molar-refractivity contribution in [1.29, 1.82) is 0 Å². The molecule has 1 aliphatic rings. The van der Waals surface area contributed by atoms with Gasteiger partial charge in [-0.25, -0.2) is 0 Å². The summed E-state index contributed by atoms with van der Waals surface area (Å²) in [5, 5.41) is 3.18. The summed E-state index contributed by atoms with van der Waals surface area (Å²) < 4.78 is 38.0. The minimum atomic E-state index is -4.43. The fourth-order valence-electron chi connectivity index (χ4n) is 2.36. The lowest BCUT2D eigenvalue weighted by Crippen LogP contribution is -2.46. The Morgan fingerprint density at radius 2 is 2.10 bits per heavy atom. The zero-order valence-corrected chi connectivity index (χ0v) is 12.4. The van der Waals surface area contributed by atoms with Gasteiger partial charge in [-0.15, -0.1) is 12.4 Å². The van der Waals surface area contributed by atoms with Crippen LogP contribution in [-0.4, -0.2) is 37.0 Å². The quantitative estimate of drug-likeness (QED) is 0.908. The fraction of sp³-hybridized carbons (Fsp3) is 0.500. The zero-order valence-electron chi connectivity index (χ0n) is 11.6. The van der Waals surface area contributed by atoms with Crippen LogP contribution in [0, 0.1) is 0 Å². The normalized spacial score (nSPS) is 18.8. The number of hydrogen-bond donors (Lipinski definition) is 1. The Balaban J connectivity index is 0.00000220. The molecule has 118 valence electrons. The molecule has 3 nitrogen and oxygen atoms in total. The topological polar surface area (TPSA) is 32.3 Å². The van der Waals surface area contributed by atoms with Crippen molar-refractivity contribution in [3.63, 3.8) is 0 Å². The molecular weight excluding hydrogens is 305 g/mol. The number of halogens is 4. The maximum atomic E-state index is 12.7. The number of amides is 1. The molecule has 0 bridgehead atoms. The molecule has 1 aromatic carbocycles. The molecule has 1 aliphatic heterocycles. The monoisotopic (exact) mass is 322 g/mol. The minimum Gasteiger partial charge on any atom is -0.337 e. The lowest BCUT2D eigenvalue weighted by Gasteiger charge is -2.31. The summed E-state index contributed by atoms with van der Waals surface area (Å²) in [7, 11) is 1.64. The van der Waals surface area contributed by atoms with Crippen molar-refractivity contribution < 1.29 is 18.0 Å². The molecule has 0 aromatic heterocycles. The second-order valence-corrected chi connectivity index (χ2v) is 4.99. The number of alkyl halides is 3. The highest BCUT2D eigenvalue weighted by molar-refractivity contribution is 5.94. The predicted octanol–water partition coefficient (Wildman–Crippen LogP) is 2.95. The number of carbonyl (C=O) groups is 1. The summed E-state index contributed by atoms with van der Waals surface area (Å²) in [5.41, 5.74) is -0.716. The molecule has 0 unspecified atom stereocenters. The first-order valence-electron chi connectivity index (χ1n) is 6.55. The molecule has 0 aliphatic carbocycles. The average Bonchev–Trinajstić information content (AvgIpc) is 2.46. The number of nitrogens with zero attached hydrogens (tertiary/aromatic N) is 1. The van der Waals surface area contributed by atoms with Crippen molar-refractivity contribution in [2.45, 2.75) is 25.1 Å². The van der Waals surface area contributed by atoms with Crippen molar-refractivity contribution in [1.82, 2.24) is 10.2 Å². The molecule has 1 amide bonds. The highest BCUT2D eigenvalue weighted by atomic mass is 35.5. The van der Waals surface area contributed by atoms with Crippen LogP contribution in [-0.2, 0) is 6.18 Å². The third-order valence-corrected chi connectivity index (χ3v) is 3.58. The van der Waals surface area contributed by atoms with Crippen LogP contribution in [0.3, 0.4) is 0 Å². The van der Waals surface area contributed by atoms with Gasteiger partial charge in [-0.2, -0.15) is 13.2 Å². The van der Waals surface area contributed by atoms with Crippen molar-refractivity contribution in [3.8, 4) is 0 Å². The highest BCUT2D eigenvalue weighted by Gasteiger charge is 2.31. The molecule has 1 N–H and O–H groups in total. The molecule has 0 radical (unpaired) electrons. The number of nitrogens with one attached hydrogen (secondary N) is 1. The molecule has 2 rings (SSSR count). The molecule has 1 heterocycles. The third kappa shape index (κ3) is 4.35. The van der Waals surface area contributed by atoms with Gasteiger partial charge >= 0.3 is 6.18 Å². The van der Waals surface area contributed by atoms with Crippen LogP contribution in [0.5, 0.6) is 0 Å². The van der Waals surface area contributed by atoms with Crippen LogP contribution in [0.15, 0.2) is 24.3 Å². The van der Waals surface area contributed by atoms with E-state index in [9.17, 15) is 18.0 Å². The summed E-state index contributed by atoms with van der Waals surface area (Å²) in [6.07, 6.45) is -2.60. The molecule has 21 heavy (non-hydrogen) atoms. The van der Waals surface area contributed by atoms with Gasteiger partial charge in [0.25, 0.3) is 5.91 Å². The van der Waals surface area contributed by atoms with Crippen LogP contribution in [0.2, 0.25) is 0 Å².